The number of fused-ring (bicyclic) bond motifs is 3. The third-order valence-corrected chi connectivity index (χ3v) is 3.64. The number of aromatic nitrogens is 2. The van der Waals surface area contributed by atoms with Crippen LogP contribution in [0.15, 0.2) is 24.5 Å². The second kappa shape index (κ2) is 3.44. The number of hydrogen-bond acceptors (Lipinski definition) is 2. The van der Waals surface area contributed by atoms with Crippen molar-refractivity contribution in [3.63, 3.8) is 0 Å². The van der Waals surface area contributed by atoms with Gasteiger partial charge in [-0.15, -0.1) is 0 Å². The van der Waals surface area contributed by atoms with Gasteiger partial charge in [0.25, 0.3) is 0 Å². The molecule has 1 unspecified atom stereocenters. The van der Waals surface area contributed by atoms with Crippen LogP contribution in [-0.4, -0.2) is 22.3 Å². The maximum absolute atomic E-state index is 5.36. The van der Waals surface area contributed by atoms with Gasteiger partial charge in [-0.2, -0.15) is 0 Å². The molecule has 2 aromatic rings. The normalized spacial score (nSPS) is 21.8. The first-order valence-electron chi connectivity index (χ1n) is 6.17. The number of ether oxygens (including phenoxy) is 1. The first-order valence-corrected chi connectivity index (χ1v) is 6.17. The van der Waals surface area contributed by atoms with E-state index in [9.17, 15) is 0 Å². The van der Waals surface area contributed by atoms with Crippen LogP contribution in [0, 0.1) is 0 Å². The van der Waals surface area contributed by atoms with E-state index in [-0.39, 0.29) is 0 Å². The smallest absolute Gasteiger partial charge is 0.0988 e. The summed E-state index contributed by atoms with van der Waals surface area (Å²) < 4.78 is 7.72. The molecule has 2 aliphatic rings. The van der Waals surface area contributed by atoms with Crippen molar-refractivity contribution >= 4 is 17.0 Å². The van der Waals surface area contributed by atoms with Gasteiger partial charge >= 0.3 is 0 Å². The summed E-state index contributed by atoms with van der Waals surface area (Å²) in [5, 5.41) is 1.36. The highest BCUT2D eigenvalue weighted by molar-refractivity contribution is 5.88. The zero-order valence-corrected chi connectivity index (χ0v) is 9.60. The van der Waals surface area contributed by atoms with Crippen LogP contribution in [-0.2, 0) is 17.7 Å². The van der Waals surface area contributed by atoms with Gasteiger partial charge in [-0.05, 0) is 30.5 Å². The molecular weight excluding hydrogens is 212 g/mol. The molecule has 1 aliphatic carbocycles. The van der Waals surface area contributed by atoms with Gasteiger partial charge in [0.05, 0.1) is 31.0 Å². The van der Waals surface area contributed by atoms with E-state index in [1.165, 1.54) is 22.2 Å². The van der Waals surface area contributed by atoms with Gasteiger partial charge in [-0.3, -0.25) is 4.98 Å². The van der Waals surface area contributed by atoms with Crippen LogP contribution in [0.5, 0.6) is 0 Å². The van der Waals surface area contributed by atoms with E-state index in [0.717, 1.165) is 26.0 Å². The topological polar surface area (TPSA) is 30.4 Å². The number of hydrogen-bond donors (Lipinski definition) is 0. The highest BCUT2D eigenvalue weighted by Crippen LogP contribution is 2.31. The molecule has 3 heterocycles. The minimum absolute atomic E-state index is 0.408. The SMILES string of the molecule is C1=Cc2c(c3ccncc3n2CC2CO2)CC1. The Morgan fingerprint density at radius 1 is 1.47 bits per heavy atom. The minimum Gasteiger partial charge on any atom is -0.371 e. The maximum atomic E-state index is 5.36. The summed E-state index contributed by atoms with van der Waals surface area (Å²) in [5.41, 5.74) is 4.08. The van der Waals surface area contributed by atoms with Gasteiger partial charge in [-0.25, -0.2) is 0 Å². The summed E-state index contributed by atoms with van der Waals surface area (Å²) in [6, 6.07) is 2.14. The first-order chi connectivity index (χ1) is 8.43. The molecule has 1 aliphatic heterocycles. The summed E-state index contributed by atoms with van der Waals surface area (Å²) >= 11 is 0. The molecule has 17 heavy (non-hydrogen) atoms. The lowest BCUT2D eigenvalue weighted by atomic mass is 10.0. The standard InChI is InChI=1S/C14H14N2O/c1-2-4-13-11(3-1)12-5-6-15-7-14(12)16(13)8-10-9-17-10/h2,4-7,10H,1,3,8-9H2. The molecular formula is C14H14N2O. The number of epoxide rings is 1. The Morgan fingerprint density at radius 3 is 3.29 bits per heavy atom. The second-order valence-electron chi connectivity index (χ2n) is 4.76. The van der Waals surface area contributed by atoms with E-state index in [0.29, 0.717) is 6.10 Å². The summed E-state index contributed by atoms with van der Waals surface area (Å²) in [4.78, 5) is 4.26. The molecule has 2 aromatic heterocycles. The molecule has 86 valence electrons. The van der Waals surface area contributed by atoms with E-state index in [1.54, 1.807) is 0 Å². The molecule has 3 nitrogen and oxygen atoms in total. The summed E-state index contributed by atoms with van der Waals surface area (Å²) in [6.07, 6.45) is 11.1. The zero-order valence-electron chi connectivity index (χ0n) is 9.60. The molecule has 1 fully saturated rings. The average molecular weight is 226 g/mol. The fourth-order valence-electron chi connectivity index (χ4n) is 2.74. The molecule has 0 N–H and O–H groups in total. The van der Waals surface area contributed by atoms with Crippen molar-refractivity contribution in [1.82, 2.24) is 9.55 Å². The van der Waals surface area contributed by atoms with Gasteiger partial charge in [0.15, 0.2) is 0 Å². The van der Waals surface area contributed by atoms with Gasteiger partial charge in [0.2, 0.25) is 0 Å². The number of rotatable bonds is 2. The Labute approximate surface area is 99.7 Å². The van der Waals surface area contributed by atoms with Crippen molar-refractivity contribution in [3.05, 3.63) is 35.8 Å². The van der Waals surface area contributed by atoms with Crippen LogP contribution >= 0.6 is 0 Å². The molecule has 4 rings (SSSR count). The molecule has 0 amide bonds. The van der Waals surface area contributed by atoms with E-state index < -0.39 is 0 Å². The van der Waals surface area contributed by atoms with Gasteiger partial charge in [-0.1, -0.05) is 6.08 Å². The minimum atomic E-state index is 0.408. The third-order valence-electron chi connectivity index (χ3n) is 3.64. The lowest BCUT2D eigenvalue weighted by Gasteiger charge is -2.10. The maximum Gasteiger partial charge on any atom is 0.0988 e. The molecule has 1 saturated heterocycles. The van der Waals surface area contributed by atoms with E-state index >= 15 is 0 Å². The molecule has 0 saturated carbocycles. The number of aryl methyl sites for hydroxylation is 1. The van der Waals surface area contributed by atoms with Crippen LogP contribution in [0.1, 0.15) is 17.7 Å². The van der Waals surface area contributed by atoms with E-state index in [4.69, 9.17) is 4.74 Å². The predicted octanol–water partition coefficient (Wildman–Crippen LogP) is 2.39. The molecule has 0 spiro atoms. The Morgan fingerprint density at radius 2 is 2.41 bits per heavy atom. The zero-order chi connectivity index (χ0) is 11.2. The Balaban J connectivity index is 1.99. The molecule has 0 radical (unpaired) electrons. The number of pyridine rings is 1. The van der Waals surface area contributed by atoms with Crippen molar-refractivity contribution in [2.24, 2.45) is 0 Å². The van der Waals surface area contributed by atoms with Crippen molar-refractivity contribution in [2.45, 2.75) is 25.5 Å². The lowest BCUT2D eigenvalue weighted by molar-refractivity contribution is 0.385. The molecule has 0 bridgehead atoms. The van der Waals surface area contributed by atoms with Crippen molar-refractivity contribution in [3.8, 4) is 0 Å². The largest absolute Gasteiger partial charge is 0.371 e. The summed E-state index contributed by atoms with van der Waals surface area (Å²) in [6.45, 7) is 1.86. The van der Waals surface area contributed by atoms with Crippen molar-refractivity contribution in [2.75, 3.05) is 6.61 Å². The Kier molecular flexibility index (Phi) is 1.91. The van der Waals surface area contributed by atoms with E-state index in [1.807, 2.05) is 12.4 Å². The summed E-state index contributed by atoms with van der Waals surface area (Å²) in [5.74, 6) is 0. The van der Waals surface area contributed by atoms with Gasteiger partial charge in [0, 0.05) is 17.3 Å². The van der Waals surface area contributed by atoms with Crippen LogP contribution in [0.2, 0.25) is 0 Å². The second-order valence-corrected chi connectivity index (χ2v) is 4.76. The fourth-order valence-corrected chi connectivity index (χ4v) is 2.74. The predicted molar refractivity (Wildman–Crippen MR) is 66.8 cm³/mol. The highest BCUT2D eigenvalue weighted by atomic mass is 16.6. The highest BCUT2D eigenvalue weighted by Gasteiger charge is 2.26. The van der Waals surface area contributed by atoms with E-state index in [2.05, 4.69) is 27.8 Å². The Hall–Kier alpha value is -1.61. The third kappa shape index (κ3) is 1.42. The number of nitrogens with zero attached hydrogens (tertiary/aromatic N) is 2. The summed E-state index contributed by atoms with van der Waals surface area (Å²) in [7, 11) is 0. The van der Waals surface area contributed by atoms with Crippen LogP contribution in [0.25, 0.3) is 17.0 Å². The van der Waals surface area contributed by atoms with Crippen LogP contribution in [0.4, 0.5) is 0 Å². The Bertz CT molecular complexity index is 608. The van der Waals surface area contributed by atoms with Crippen molar-refractivity contribution in [1.29, 1.82) is 0 Å². The monoisotopic (exact) mass is 226 g/mol. The fraction of sp³-hybridized carbons (Fsp3) is 0.357. The lowest BCUT2D eigenvalue weighted by Crippen LogP contribution is -2.07. The van der Waals surface area contributed by atoms with Crippen LogP contribution < -0.4 is 0 Å². The molecule has 0 aromatic carbocycles. The van der Waals surface area contributed by atoms with Crippen molar-refractivity contribution < 1.29 is 4.74 Å². The molecule has 1 atom stereocenters. The first kappa shape index (κ1) is 9.42. The van der Waals surface area contributed by atoms with Gasteiger partial charge in [0.1, 0.15) is 0 Å². The molecule has 3 heteroatoms. The van der Waals surface area contributed by atoms with Crippen LogP contribution in [0.3, 0.4) is 0 Å². The average Bonchev–Trinajstić information content (AvgIpc) is 3.15. The quantitative estimate of drug-likeness (QED) is 0.736. The van der Waals surface area contributed by atoms with Gasteiger partial charge < -0.3 is 9.30 Å². The number of allylic oxidation sites excluding steroid dienone is 1.